The van der Waals surface area contributed by atoms with E-state index in [4.69, 9.17) is 0 Å². The lowest BCUT2D eigenvalue weighted by molar-refractivity contribution is -0.115. The third-order valence-electron chi connectivity index (χ3n) is 3.32. The van der Waals surface area contributed by atoms with Crippen molar-refractivity contribution in [2.75, 3.05) is 5.32 Å². The summed E-state index contributed by atoms with van der Waals surface area (Å²) in [7, 11) is 0. The van der Waals surface area contributed by atoms with E-state index in [0.29, 0.717) is 6.42 Å². The van der Waals surface area contributed by atoms with Crippen LogP contribution in [0.5, 0.6) is 0 Å². The predicted molar refractivity (Wildman–Crippen MR) is 79.5 cm³/mol. The van der Waals surface area contributed by atoms with E-state index in [2.05, 4.69) is 11.4 Å². The number of rotatable bonds is 2. The summed E-state index contributed by atoms with van der Waals surface area (Å²) < 4.78 is 26.2. The second-order valence-electron chi connectivity index (χ2n) is 5.07. The van der Waals surface area contributed by atoms with E-state index in [-0.39, 0.29) is 16.8 Å². The maximum atomic E-state index is 13.1. The van der Waals surface area contributed by atoms with Crippen molar-refractivity contribution in [3.63, 3.8) is 0 Å². The van der Waals surface area contributed by atoms with Crippen molar-refractivity contribution in [2.45, 2.75) is 23.5 Å². The number of amides is 1. The van der Waals surface area contributed by atoms with Gasteiger partial charge in [0, 0.05) is 16.6 Å². The average molecular weight is 305 g/mol. The van der Waals surface area contributed by atoms with Gasteiger partial charge in [0.15, 0.2) is 0 Å². The molecule has 0 saturated carbocycles. The number of carbonyl (C=O) groups excluding carboxylic acids is 1. The van der Waals surface area contributed by atoms with Crippen LogP contribution in [-0.2, 0) is 11.2 Å². The number of anilines is 1. The monoisotopic (exact) mass is 305 g/mol. The van der Waals surface area contributed by atoms with Gasteiger partial charge < -0.3 is 5.32 Å². The standard InChI is InChI=1S/C16H13F2NOS/c1-9-2-3-10-5-15(21-14(10)4-9)16(20)19-13-7-11(17)6-12(18)8-13/h2-4,6-8,15H,5H2,1H3,(H,19,20)/t15-/m1/s1. The number of benzene rings is 2. The highest BCUT2D eigenvalue weighted by Gasteiger charge is 2.28. The van der Waals surface area contributed by atoms with Crippen molar-refractivity contribution >= 4 is 23.4 Å². The lowest BCUT2D eigenvalue weighted by Crippen LogP contribution is -2.24. The summed E-state index contributed by atoms with van der Waals surface area (Å²) in [5, 5.41) is 2.30. The first-order valence-corrected chi connectivity index (χ1v) is 7.42. The predicted octanol–water partition coefficient (Wildman–Crippen LogP) is 3.93. The zero-order valence-corrected chi connectivity index (χ0v) is 12.1. The molecule has 21 heavy (non-hydrogen) atoms. The fourth-order valence-corrected chi connectivity index (χ4v) is 3.62. The molecule has 0 aromatic heterocycles. The molecule has 0 bridgehead atoms. The average Bonchev–Trinajstić information content (AvgIpc) is 2.80. The van der Waals surface area contributed by atoms with Crippen LogP contribution >= 0.6 is 11.8 Å². The van der Waals surface area contributed by atoms with Gasteiger partial charge >= 0.3 is 0 Å². The van der Waals surface area contributed by atoms with Crippen molar-refractivity contribution < 1.29 is 13.6 Å². The Morgan fingerprint density at radius 2 is 1.90 bits per heavy atom. The van der Waals surface area contributed by atoms with E-state index in [1.54, 1.807) is 0 Å². The summed E-state index contributed by atoms with van der Waals surface area (Å²) in [5.74, 6) is -1.65. The maximum absolute atomic E-state index is 13.1. The van der Waals surface area contributed by atoms with Gasteiger partial charge in [0.05, 0.1) is 5.25 Å². The second-order valence-corrected chi connectivity index (χ2v) is 6.31. The molecule has 2 aromatic rings. The van der Waals surface area contributed by atoms with Gasteiger partial charge in [-0.05, 0) is 37.1 Å². The molecule has 5 heteroatoms. The van der Waals surface area contributed by atoms with Gasteiger partial charge in [0.2, 0.25) is 5.91 Å². The molecular weight excluding hydrogens is 292 g/mol. The minimum atomic E-state index is -0.705. The summed E-state index contributed by atoms with van der Waals surface area (Å²) in [6.07, 6.45) is 0.629. The third-order valence-corrected chi connectivity index (χ3v) is 4.62. The Labute approximate surface area is 125 Å². The van der Waals surface area contributed by atoms with Crippen LogP contribution in [-0.4, -0.2) is 11.2 Å². The molecule has 1 N–H and O–H groups in total. The fourth-order valence-electron chi connectivity index (χ4n) is 2.33. The van der Waals surface area contributed by atoms with Crippen LogP contribution in [0.4, 0.5) is 14.5 Å². The van der Waals surface area contributed by atoms with Crippen LogP contribution in [0.15, 0.2) is 41.3 Å². The molecule has 1 aliphatic rings. The molecule has 0 fully saturated rings. The molecule has 3 rings (SSSR count). The van der Waals surface area contributed by atoms with Gasteiger partial charge in [0.25, 0.3) is 0 Å². The maximum Gasteiger partial charge on any atom is 0.238 e. The van der Waals surface area contributed by atoms with Crippen LogP contribution in [0.2, 0.25) is 0 Å². The number of nitrogens with one attached hydrogen (secondary N) is 1. The Morgan fingerprint density at radius 1 is 1.19 bits per heavy atom. The Bertz CT molecular complexity index is 697. The Kier molecular flexibility index (Phi) is 3.68. The molecule has 1 amide bonds. The van der Waals surface area contributed by atoms with E-state index in [1.807, 2.05) is 19.1 Å². The number of hydrogen-bond acceptors (Lipinski definition) is 2. The van der Waals surface area contributed by atoms with Crippen molar-refractivity contribution in [2.24, 2.45) is 0 Å². The van der Waals surface area contributed by atoms with Crippen molar-refractivity contribution in [3.05, 3.63) is 59.2 Å². The number of aryl methyl sites for hydroxylation is 1. The van der Waals surface area contributed by atoms with Crippen molar-refractivity contribution in [1.82, 2.24) is 0 Å². The minimum absolute atomic E-state index is 0.144. The SMILES string of the molecule is Cc1ccc2c(c1)S[C@@H](C(=O)Nc1cc(F)cc(F)c1)C2. The van der Waals surface area contributed by atoms with Gasteiger partial charge in [-0.15, -0.1) is 11.8 Å². The van der Waals surface area contributed by atoms with Crippen LogP contribution in [0.1, 0.15) is 11.1 Å². The van der Waals surface area contributed by atoms with Gasteiger partial charge in [-0.25, -0.2) is 8.78 Å². The zero-order valence-electron chi connectivity index (χ0n) is 11.3. The van der Waals surface area contributed by atoms with Gasteiger partial charge in [-0.3, -0.25) is 4.79 Å². The smallest absolute Gasteiger partial charge is 0.238 e. The molecule has 0 spiro atoms. The van der Waals surface area contributed by atoms with Crippen LogP contribution in [0.3, 0.4) is 0 Å². The number of carbonyl (C=O) groups is 1. The first kappa shape index (κ1) is 14.1. The molecule has 1 heterocycles. The normalized spacial score (nSPS) is 16.6. The number of thioether (sulfide) groups is 1. The lowest BCUT2D eigenvalue weighted by atomic mass is 10.1. The van der Waals surface area contributed by atoms with Crippen LogP contribution in [0, 0.1) is 18.6 Å². The molecular formula is C16H13F2NOS. The summed E-state index contributed by atoms with van der Waals surface area (Å²) in [5.41, 5.74) is 2.43. The third kappa shape index (κ3) is 3.08. The molecule has 0 aliphatic carbocycles. The van der Waals surface area contributed by atoms with Crippen molar-refractivity contribution in [1.29, 1.82) is 0 Å². The fraction of sp³-hybridized carbons (Fsp3) is 0.188. The highest BCUT2D eigenvalue weighted by Crippen LogP contribution is 2.38. The van der Waals surface area contributed by atoms with Crippen LogP contribution in [0.25, 0.3) is 0 Å². The van der Waals surface area contributed by atoms with Gasteiger partial charge in [0.1, 0.15) is 11.6 Å². The van der Waals surface area contributed by atoms with E-state index in [0.717, 1.165) is 34.2 Å². The summed E-state index contributed by atoms with van der Waals surface area (Å²) >= 11 is 1.49. The molecule has 2 aromatic carbocycles. The highest BCUT2D eigenvalue weighted by molar-refractivity contribution is 8.01. The number of hydrogen-bond donors (Lipinski definition) is 1. The molecule has 0 saturated heterocycles. The van der Waals surface area contributed by atoms with E-state index in [9.17, 15) is 13.6 Å². The van der Waals surface area contributed by atoms with E-state index < -0.39 is 11.6 Å². The topological polar surface area (TPSA) is 29.1 Å². The van der Waals surface area contributed by atoms with Crippen LogP contribution < -0.4 is 5.32 Å². The first-order chi connectivity index (χ1) is 10.0. The molecule has 1 atom stereocenters. The second kappa shape index (κ2) is 5.48. The van der Waals surface area contributed by atoms with E-state index >= 15 is 0 Å². The zero-order chi connectivity index (χ0) is 15.0. The van der Waals surface area contributed by atoms with E-state index in [1.165, 1.54) is 11.8 Å². The Morgan fingerprint density at radius 3 is 2.62 bits per heavy atom. The van der Waals surface area contributed by atoms with Gasteiger partial charge in [-0.1, -0.05) is 17.7 Å². The summed E-state index contributed by atoms with van der Waals surface area (Å²) in [6.45, 7) is 2.00. The summed E-state index contributed by atoms with van der Waals surface area (Å²) in [4.78, 5) is 13.3. The summed E-state index contributed by atoms with van der Waals surface area (Å²) in [6, 6.07) is 9.08. The largest absolute Gasteiger partial charge is 0.325 e. The molecule has 0 unspecified atom stereocenters. The number of fused-ring (bicyclic) bond motifs is 1. The molecule has 2 nitrogen and oxygen atoms in total. The minimum Gasteiger partial charge on any atom is -0.325 e. The molecule has 108 valence electrons. The van der Waals surface area contributed by atoms with Gasteiger partial charge in [-0.2, -0.15) is 0 Å². The molecule has 1 aliphatic heterocycles. The highest BCUT2D eigenvalue weighted by atomic mass is 32.2. The quantitative estimate of drug-likeness (QED) is 0.911. The first-order valence-electron chi connectivity index (χ1n) is 6.54. The Hall–Kier alpha value is -1.88. The van der Waals surface area contributed by atoms with Crippen molar-refractivity contribution in [3.8, 4) is 0 Å². The number of halogens is 2. The molecule has 0 radical (unpaired) electrons. The lowest BCUT2D eigenvalue weighted by Gasteiger charge is -2.10. The Balaban J connectivity index is 1.73.